The lowest BCUT2D eigenvalue weighted by molar-refractivity contribution is -0.130. The van der Waals surface area contributed by atoms with Crippen LogP contribution in [-0.2, 0) is 16.4 Å². The summed E-state index contributed by atoms with van der Waals surface area (Å²) < 4.78 is 60.5. The predicted octanol–water partition coefficient (Wildman–Crippen LogP) is 2.37. The fourth-order valence-corrected chi connectivity index (χ4v) is 3.31. The third-order valence-electron chi connectivity index (χ3n) is 2.36. The number of carbonyl (C=O) groups is 1. The number of carbonyl (C=O) groups excluding carboxylic acids is 1. The van der Waals surface area contributed by atoms with Gasteiger partial charge >= 0.3 is 6.18 Å². The van der Waals surface area contributed by atoms with E-state index in [-0.39, 0.29) is 12.3 Å². The van der Waals surface area contributed by atoms with Crippen LogP contribution < -0.4 is 4.72 Å². The number of alkyl halides is 3. The van der Waals surface area contributed by atoms with Gasteiger partial charge in [0.05, 0.1) is 17.1 Å². The van der Waals surface area contributed by atoms with E-state index in [1.54, 1.807) is 12.1 Å². The summed E-state index contributed by atoms with van der Waals surface area (Å²) in [4.78, 5) is 12.4. The number of hydrogen-bond donors (Lipinski definition) is 1. The fraction of sp³-hybridized carbons (Fsp3) is 0.545. The Balaban J connectivity index is 2.41. The second kappa shape index (κ2) is 6.68. The molecule has 0 saturated carbocycles. The Labute approximate surface area is 119 Å². The molecule has 0 unspecified atom stereocenters. The van der Waals surface area contributed by atoms with Crippen molar-refractivity contribution in [2.24, 2.45) is 0 Å². The maximum absolute atomic E-state index is 11.9. The normalized spacial score (nSPS) is 12.6. The fourth-order valence-electron chi connectivity index (χ4n) is 1.35. The minimum absolute atomic E-state index is 0.0120. The van der Waals surface area contributed by atoms with Crippen LogP contribution in [0.3, 0.4) is 0 Å². The highest BCUT2D eigenvalue weighted by Gasteiger charge is 2.29. The molecule has 0 bridgehead atoms. The molecule has 0 radical (unpaired) electrons. The standard InChI is InChI=1S/C11H14F3NO3S2/c1-8(16)10-3-2-9(19-10)4-6-15-20(17,18)7-5-11(12,13)14/h2-3,15H,4-7H2,1H3. The van der Waals surface area contributed by atoms with Crippen LogP contribution in [0.2, 0.25) is 0 Å². The lowest BCUT2D eigenvalue weighted by atomic mass is 10.3. The van der Waals surface area contributed by atoms with E-state index in [1.165, 1.54) is 18.3 Å². The molecule has 1 N–H and O–H groups in total. The molecule has 0 aromatic carbocycles. The minimum atomic E-state index is -4.49. The summed E-state index contributed by atoms with van der Waals surface area (Å²) in [5.41, 5.74) is 0. The zero-order valence-corrected chi connectivity index (χ0v) is 12.3. The van der Waals surface area contributed by atoms with Gasteiger partial charge in [0.1, 0.15) is 0 Å². The molecule has 1 rings (SSSR count). The lowest BCUT2D eigenvalue weighted by Crippen LogP contribution is -2.30. The molecule has 0 spiro atoms. The summed E-state index contributed by atoms with van der Waals surface area (Å²) in [6, 6.07) is 3.34. The van der Waals surface area contributed by atoms with Crippen molar-refractivity contribution < 1.29 is 26.4 Å². The molecule has 0 aliphatic heterocycles. The van der Waals surface area contributed by atoms with Gasteiger partial charge in [-0.05, 0) is 25.5 Å². The Bertz CT molecular complexity index is 564. The molecule has 114 valence electrons. The van der Waals surface area contributed by atoms with E-state index in [4.69, 9.17) is 0 Å². The van der Waals surface area contributed by atoms with Crippen LogP contribution in [0.5, 0.6) is 0 Å². The van der Waals surface area contributed by atoms with E-state index in [1.807, 2.05) is 0 Å². The van der Waals surface area contributed by atoms with Gasteiger partial charge in [-0.25, -0.2) is 13.1 Å². The van der Waals surface area contributed by atoms with E-state index in [0.717, 1.165) is 4.88 Å². The zero-order chi connectivity index (χ0) is 15.4. The summed E-state index contributed by atoms with van der Waals surface area (Å²) in [7, 11) is -3.93. The topological polar surface area (TPSA) is 63.2 Å². The van der Waals surface area contributed by atoms with Gasteiger partial charge in [-0.15, -0.1) is 11.3 Å². The van der Waals surface area contributed by atoms with E-state index in [0.29, 0.717) is 11.3 Å². The SMILES string of the molecule is CC(=O)c1ccc(CCNS(=O)(=O)CCC(F)(F)F)s1. The van der Waals surface area contributed by atoms with Crippen molar-refractivity contribution in [3.63, 3.8) is 0 Å². The van der Waals surface area contributed by atoms with Crippen LogP contribution >= 0.6 is 11.3 Å². The number of nitrogens with one attached hydrogen (secondary N) is 1. The minimum Gasteiger partial charge on any atom is -0.294 e. The van der Waals surface area contributed by atoms with E-state index >= 15 is 0 Å². The average Bonchev–Trinajstić information content (AvgIpc) is 2.74. The van der Waals surface area contributed by atoms with Crippen molar-refractivity contribution >= 4 is 27.1 Å². The van der Waals surface area contributed by atoms with Gasteiger partial charge in [0.25, 0.3) is 0 Å². The molecular weight excluding hydrogens is 315 g/mol. The summed E-state index contributed by atoms with van der Waals surface area (Å²) in [5, 5.41) is 0. The highest BCUT2D eigenvalue weighted by Crippen LogP contribution is 2.20. The first kappa shape index (κ1) is 17.1. The summed E-state index contributed by atoms with van der Waals surface area (Å²) in [5.74, 6) is -1.05. The molecule has 1 heterocycles. The molecule has 20 heavy (non-hydrogen) atoms. The lowest BCUT2D eigenvalue weighted by Gasteiger charge is -2.08. The highest BCUT2D eigenvalue weighted by atomic mass is 32.2. The average molecular weight is 329 g/mol. The van der Waals surface area contributed by atoms with Gasteiger partial charge in [-0.2, -0.15) is 13.2 Å². The van der Waals surface area contributed by atoms with Crippen molar-refractivity contribution in [3.8, 4) is 0 Å². The molecule has 1 aromatic rings. The smallest absolute Gasteiger partial charge is 0.294 e. The quantitative estimate of drug-likeness (QED) is 0.781. The maximum atomic E-state index is 11.9. The Hall–Kier alpha value is -0.930. The molecule has 0 amide bonds. The van der Waals surface area contributed by atoms with Crippen LogP contribution in [0, 0.1) is 0 Å². The summed E-state index contributed by atoms with van der Waals surface area (Å²) in [6.45, 7) is 1.44. The van der Waals surface area contributed by atoms with E-state index < -0.39 is 28.4 Å². The zero-order valence-electron chi connectivity index (χ0n) is 10.7. The van der Waals surface area contributed by atoms with Crippen LogP contribution in [0.15, 0.2) is 12.1 Å². The van der Waals surface area contributed by atoms with Crippen molar-refractivity contribution in [1.82, 2.24) is 4.72 Å². The van der Waals surface area contributed by atoms with Gasteiger partial charge in [0.2, 0.25) is 10.0 Å². The molecule has 1 aromatic heterocycles. The molecule has 0 fully saturated rings. The van der Waals surface area contributed by atoms with Crippen LogP contribution in [0.1, 0.15) is 27.9 Å². The Kier molecular flexibility index (Phi) is 5.72. The van der Waals surface area contributed by atoms with Crippen LogP contribution in [-0.4, -0.2) is 32.7 Å². The molecule has 0 aliphatic rings. The number of hydrogen-bond acceptors (Lipinski definition) is 4. The first-order chi connectivity index (χ1) is 9.09. The summed E-state index contributed by atoms with van der Waals surface area (Å²) >= 11 is 1.24. The van der Waals surface area contributed by atoms with Gasteiger partial charge in [0, 0.05) is 11.4 Å². The molecule has 4 nitrogen and oxygen atoms in total. The monoisotopic (exact) mass is 329 g/mol. The molecule has 0 saturated heterocycles. The number of halogens is 3. The first-order valence-corrected chi connectivity index (χ1v) is 8.20. The summed E-state index contributed by atoms with van der Waals surface area (Å²) in [6.07, 6.45) is -5.52. The number of thiophene rings is 1. The van der Waals surface area contributed by atoms with Crippen molar-refractivity contribution in [2.45, 2.75) is 25.9 Å². The van der Waals surface area contributed by atoms with E-state index in [9.17, 15) is 26.4 Å². The van der Waals surface area contributed by atoms with Crippen molar-refractivity contribution in [1.29, 1.82) is 0 Å². The van der Waals surface area contributed by atoms with Gasteiger partial charge in [-0.3, -0.25) is 4.79 Å². The highest BCUT2D eigenvalue weighted by molar-refractivity contribution is 7.89. The maximum Gasteiger partial charge on any atom is 0.390 e. The van der Waals surface area contributed by atoms with Crippen molar-refractivity contribution in [3.05, 3.63) is 21.9 Å². The predicted molar refractivity (Wildman–Crippen MR) is 70.5 cm³/mol. The van der Waals surface area contributed by atoms with E-state index in [2.05, 4.69) is 4.72 Å². The van der Waals surface area contributed by atoms with Gasteiger partial charge in [0.15, 0.2) is 5.78 Å². The number of rotatable bonds is 7. The Morgan fingerprint density at radius 3 is 2.50 bits per heavy atom. The number of ketones is 1. The molecule has 9 heteroatoms. The van der Waals surface area contributed by atoms with Crippen LogP contribution in [0.4, 0.5) is 13.2 Å². The van der Waals surface area contributed by atoms with Gasteiger partial charge < -0.3 is 0 Å². The number of Topliss-reactive ketones (excluding diaryl/α,β-unsaturated/α-hetero) is 1. The molecule has 0 aliphatic carbocycles. The second-order valence-corrected chi connectivity index (χ2v) is 7.25. The van der Waals surface area contributed by atoms with Gasteiger partial charge in [-0.1, -0.05) is 0 Å². The molecule has 0 atom stereocenters. The third-order valence-corrected chi connectivity index (χ3v) is 4.99. The third kappa shape index (κ3) is 6.49. The first-order valence-electron chi connectivity index (χ1n) is 5.73. The largest absolute Gasteiger partial charge is 0.390 e. The second-order valence-electron chi connectivity index (χ2n) is 4.15. The Morgan fingerprint density at radius 1 is 1.35 bits per heavy atom. The van der Waals surface area contributed by atoms with Crippen LogP contribution in [0.25, 0.3) is 0 Å². The Morgan fingerprint density at radius 2 is 2.00 bits per heavy atom. The molecular formula is C11H14F3NO3S2. The number of sulfonamides is 1. The van der Waals surface area contributed by atoms with Crippen molar-refractivity contribution in [2.75, 3.05) is 12.3 Å².